The van der Waals surface area contributed by atoms with E-state index in [1.54, 1.807) is 31.3 Å². The van der Waals surface area contributed by atoms with E-state index in [9.17, 15) is 14.4 Å². The van der Waals surface area contributed by atoms with Gasteiger partial charge >= 0.3 is 5.69 Å². The van der Waals surface area contributed by atoms with Crippen molar-refractivity contribution in [2.75, 3.05) is 25.0 Å². The summed E-state index contributed by atoms with van der Waals surface area (Å²) in [5.74, 6) is 1.12. The summed E-state index contributed by atoms with van der Waals surface area (Å²) >= 11 is 0. The Kier molecular flexibility index (Phi) is 5.36. The van der Waals surface area contributed by atoms with Crippen LogP contribution < -0.4 is 11.0 Å². The van der Waals surface area contributed by atoms with E-state index in [4.69, 9.17) is 0 Å². The second kappa shape index (κ2) is 7.94. The molecule has 29 heavy (non-hydrogen) atoms. The van der Waals surface area contributed by atoms with Crippen molar-refractivity contribution in [2.45, 2.75) is 44.6 Å². The van der Waals surface area contributed by atoms with Gasteiger partial charge in [0.25, 0.3) is 0 Å². The third-order valence-corrected chi connectivity index (χ3v) is 5.79. The molecule has 1 saturated heterocycles. The van der Waals surface area contributed by atoms with Gasteiger partial charge in [0.2, 0.25) is 5.91 Å². The zero-order valence-corrected chi connectivity index (χ0v) is 16.9. The molecule has 2 aromatic rings. The number of nitrogens with zero attached hydrogens (tertiary/aromatic N) is 4. The zero-order valence-electron chi connectivity index (χ0n) is 16.9. The van der Waals surface area contributed by atoms with Gasteiger partial charge in [-0.1, -0.05) is 0 Å². The molecule has 4 rings (SSSR count). The Morgan fingerprint density at radius 1 is 1.10 bits per heavy atom. The largest absolute Gasteiger partial charge is 0.345 e. The van der Waals surface area contributed by atoms with Gasteiger partial charge < -0.3 is 5.32 Å². The number of nitrogens with one attached hydrogen (secondary N) is 1. The summed E-state index contributed by atoms with van der Waals surface area (Å²) < 4.78 is 3.34. The average molecular weight is 397 g/mol. The number of aryl methyl sites for hydroxylation is 1. The zero-order chi connectivity index (χ0) is 20.5. The number of benzene rings is 1. The maximum atomic E-state index is 12.4. The van der Waals surface area contributed by atoms with Crippen LogP contribution in [0, 0.1) is 0 Å². The maximum absolute atomic E-state index is 12.4. The van der Waals surface area contributed by atoms with E-state index in [0.717, 1.165) is 44.6 Å². The molecule has 1 aliphatic carbocycles. The predicted molar refractivity (Wildman–Crippen MR) is 109 cm³/mol. The van der Waals surface area contributed by atoms with Crippen LogP contribution in [0.2, 0.25) is 0 Å². The molecule has 1 N–H and O–H groups in total. The molecule has 1 saturated carbocycles. The van der Waals surface area contributed by atoms with E-state index in [1.807, 2.05) is 4.57 Å². The lowest BCUT2D eigenvalue weighted by Crippen LogP contribution is -2.39. The number of aromatic nitrogens is 3. The topological polar surface area (TPSA) is 89.2 Å². The van der Waals surface area contributed by atoms with E-state index >= 15 is 0 Å². The number of amides is 1. The molecule has 154 valence electrons. The third-order valence-electron chi connectivity index (χ3n) is 5.79. The first-order valence-electron chi connectivity index (χ1n) is 10.2. The number of carbonyl (C=O) groups is 2. The molecular weight excluding hydrogens is 370 g/mol. The van der Waals surface area contributed by atoms with Crippen LogP contribution in [-0.4, -0.2) is 50.6 Å². The van der Waals surface area contributed by atoms with Gasteiger partial charge in [0.1, 0.15) is 5.82 Å². The van der Waals surface area contributed by atoms with Crippen LogP contribution in [0.5, 0.6) is 0 Å². The minimum Gasteiger partial charge on any atom is -0.325 e. The number of carbonyl (C=O) groups excluding carboxylic acids is 2. The molecule has 1 aromatic heterocycles. The van der Waals surface area contributed by atoms with Gasteiger partial charge in [-0.15, -0.1) is 0 Å². The number of hydrogen-bond donors (Lipinski definition) is 1. The van der Waals surface area contributed by atoms with Crippen molar-refractivity contribution in [3.8, 4) is 0 Å². The fourth-order valence-corrected chi connectivity index (χ4v) is 3.99. The van der Waals surface area contributed by atoms with Crippen LogP contribution >= 0.6 is 0 Å². The Bertz CT molecular complexity index is 963. The lowest BCUT2D eigenvalue weighted by molar-refractivity contribution is -0.117. The van der Waals surface area contributed by atoms with Crippen molar-refractivity contribution in [1.82, 2.24) is 19.2 Å². The molecule has 1 aromatic carbocycles. The summed E-state index contributed by atoms with van der Waals surface area (Å²) in [4.78, 5) is 38.2. The summed E-state index contributed by atoms with van der Waals surface area (Å²) in [7, 11) is 1.72. The third kappa shape index (κ3) is 4.32. The Balaban J connectivity index is 1.31. The summed E-state index contributed by atoms with van der Waals surface area (Å²) in [5.41, 5.74) is 1.31. The summed E-state index contributed by atoms with van der Waals surface area (Å²) in [6.45, 7) is 3.46. The van der Waals surface area contributed by atoms with Crippen LogP contribution in [0.15, 0.2) is 29.1 Å². The number of hydrogen-bond acceptors (Lipinski definition) is 5. The van der Waals surface area contributed by atoms with E-state index in [-0.39, 0.29) is 23.3 Å². The van der Waals surface area contributed by atoms with E-state index < -0.39 is 0 Å². The van der Waals surface area contributed by atoms with Crippen LogP contribution in [0.4, 0.5) is 5.69 Å². The van der Waals surface area contributed by atoms with Crippen molar-refractivity contribution >= 4 is 17.4 Å². The Morgan fingerprint density at radius 3 is 2.34 bits per heavy atom. The average Bonchev–Trinajstić information content (AvgIpc) is 3.48. The lowest BCUT2D eigenvalue weighted by atomic mass is 9.96. The van der Waals surface area contributed by atoms with E-state index in [1.165, 1.54) is 11.6 Å². The second-order valence-corrected chi connectivity index (χ2v) is 8.10. The van der Waals surface area contributed by atoms with Gasteiger partial charge in [-0.3, -0.25) is 19.1 Å². The van der Waals surface area contributed by atoms with Gasteiger partial charge in [-0.25, -0.2) is 9.48 Å². The normalized spacial score (nSPS) is 18.0. The first kappa shape index (κ1) is 19.6. The fraction of sp³-hybridized carbons (Fsp3) is 0.524. The summed E-state index contributed by atoms with van der Waals surface area (Å²) in [5, 5.41) is 7.39. The lowest BCUT2D eigenvalue weighted by Gasteiger charge is -2.31. The number of Topliss-reactive ketones (excluding diaryl/α,β-unsaturated/α-hetero) is 1. The second-order valence-electron chi connectivity index (χ2n) is 8.10. The van der Waals surface area contributed by atoms with Crippen LogP contribution in [0.1, 0.15) is 60.7 Å². The Morgan fingerprint density at radius 2 is 1.76 bits per heavy atom. The molecule has 2 fully saturated rings. The quantitative estimate of drug-likeness (QED) is 0.753. The molecule has 8 heteroatoms. The first-order valence-corrected chi connectivity index (χ1v) is 10.2. The molecular formula is C21H27N5O3. The number of rotatable bonds is 6. The SMILES string of the molecule is CC(=O)c1ccc(NC(=O)CN2CCC(c3nn(C)c(=O)n3C3CC3)CC2)cc1. The summed E-state index contributed by atoms with van der Waals surface area (Å²) in [6, 6.07) is 7.26. The molecule has 0 radical (unpaired) electrons. The molecule has 1 amide bonds. The standard InChI is InChI=1S/C21H27N5O3/c1-14(27)15-3-5-17(6-4-15)22-19(28)13-25-11-9-16(10-12-25)20-23-24(2)21(29)26(20)18-7-8-18/h3-6,16,18H,7-13H2,1-2H3,(H,22,28). The highest BCUT2D eigenvalue weighted by atomic mass is 16.2. The number of ketones is 1. The van der Waals surface area contributed by atoms with Crippen molar-refractivity contribution < 1.29 is 9.59 Å². The van der Waals surface area contributed by atoms with Gasteiger partial charge in [-0.2, -0.15) is 5.10 Å². The number of piperidine rings is 1. The van der Waals surface area contributed by atoms with E-state index in [2.05, 4.69) is 15.3 Å². The minimum absolute atomic E-state index is 0.00533. The molecule has 1 aliphatic heterocycles. The van der Waals surface area contributed by atoms with Crippen molar-refractivity contribution in [2.24, 2.45) is 7.05 Å². The Hall–Kier alpha value is -2.74. The van der Waals surface area contributed by atoms with Crippen LogP contribution in [-0.2, 0) is 11.8 Å². The molecule has 2 aliphatic rings. The fourth-order valence-electron chi connectivity index (χ4n) is 3.99. The maximum Gasteiger partial charge on any atom is 0.345 e. The molecule has 2 heterocycles. The molecule has 0 unspecified atom stereocenters. The van der Waals surface area contributed by atoms with Crippen molar-refractivity contribution in [1.29, 1.82) is 0 Å². The monoisotopic (exact) mass is 397 g/mol. The highest BCUT2D eigenvalue weighted by Gasteiger charge is 2.33. The smallest absolute Gasteiger partial charge is 0.325 e. The molecule has 0 spiro atoms. The van der Waals surface area contributed by atoms with Gasteiger partial charge in [0, 0.05) is 30.3 Å². The molecule has 0 bridgehead atoms. The van der Waals surface area contributed by atoms with Crippen LogP contribution in [0.25, 0.3) is 0 Å². The summed E-state index contributed by atoms with van der Waals surface area (Å²) in [6.07, 6.45) is 3.91. The molecule has 8 nitrogen and oxygen atoms in total. The number of likely N-dealkylation sites (tertiary alicyclic amines) is 1. The van der Waals surface area contributed by atoms with Gasteiger partial charge in [0.05, 0.1) is 6.54 Å². The van der Waals surface area contributed by atoms with Crippen LogP contribution in [0.3, 0.4) is 0 Å². The number of anilines is 1. The highest BCUT2D eigenvalue weighted by molar-refractivity contribution is 5.96. The minimum atomic E-state index is -0.0632. The highest BCUT2D eigenvalue weighted by Crippen LogP contribution is 2.37. The Labute approximate surface area is 169 Å². The van der Waals surface area contributed by atoms with E-state index in [0.29, 0.717) is 23.8 Å². The van der Waals surface area contributed by atoms with Gasteiger partial charge in [0.15, 0.2) is 5.78 Å². The van der Waals surface area contributed by atoms with Crippen molar-refractivity contribution in [3.05, 3.63) is 46.1 Å². The van der Waals surface area contributed by atoms with Crippen molar-refractivity contribution in [3.63, 3.8) is 0 Å². The molecule has 0 atom stereocenters. The first-order chi connectivity index (χ1) is 13.9. The predicted octanol–water partition coefficient (Wildman–Crippen LogP) is 1.94. The van der Waals surface area contributed by atoms with Gasteiger partial charge in [-0.05, 0) is 70.0 Å².